The summed E-state index contributed by atoms with van der Waals surface area (Å²) in [5.41, 5.74) is 0. The minimum absolute atomic E-state index is 0.00463. The van der Waals surface area contributed by atoms with Gasteiger partial charge >= 0.3 is 5.97 Å². The maximum absolute atomic E-state index is 10.4. The standard InChI is InChI=1S/C6H10O4/c1-2-8-6-4-9-5(7)3-10-6/h6H,2-4H2,1H3/t6-/m0/s1. The van der Waals surface area contributed by atoms with Crippen LogP contribution >= 0.6 is 0 Å². The highest BCUT2D eigenvalue weighted by Crippen LogP contribution is 2.02. The molecule has 0 aromatic carbocycles. The van der Waals surface area contributed by atoms with E-state index in [0.29, 0.717) is 6.61 Å². The van der Waals surface area contributed by atoms with Crippen LogP contribution in [0.2, 0.25) is 0 Å². The predicted molar refractivity (Wildman–Crippen MR) is 32.3 cm³/mol. The van der Waals surface area contributed by atoms with E-state index >= 15 is 0 Å². The maximum Gasteiger partial charge on any atom is 0.332 e. The lowest BCUT2D eigenvalue weighted by Gasteiger charge is -2.21. The summed E-state index contributed by atoms with van der Waals surface area (Å²) >= 11 is 0. The summed E-state index contributed by atoms with van der Waals surface area (Å²) in [5, 5.41) is 0. The van der Waals surface area contributed by atoms with Crippen molar-refractivity contribution in [2.75, 3.05) is 19.8 Å². The summed E-state index contributed by atoms with van der Waals surface area (Å²) < 4.78 is 14.6. The van der Waals surface area contributed by atoms with E-state index in [9.17, 15) is 4.79 Å². The number of ether oxygens (including phenoxy) is 3. The minimum Gasteiger partial charge on any atom is -0.459 e. The third-order valence-corrected chi connectivity index (χ3v) is 1.12. The Hall–Kier alpha value is -0.610. The topological polar surface area (TPSA) is 44.8 Å². The Morgan fingerprint density at radius 2 is 2.60 bits per heavy atom. The average Bonchev–Trinajstić information content (AvgIpc) is 1.95. The van der Waals surface area contributed by atoms with Crippen molar-refractivity contribution in [3.63, 3.8) is 0 Å². The van der Waals surface area contributed by atoms with Gasteiger partial charge in [0, 0.05) is 6.61 Å². The summed E-state index contributed by atoms with van der Waals surface area (Å²) in [6.07, 6.45) is -0.359. The molecule has 1 heterocycles. The Bertz CT molecular complexity index is 113. The highest BCUT2D eigenvalue weighted by Gasteiger charge is 2.19. The molecule has 10 heavy (non-hydrogen) atoms. The van der Waals surface area contributed by atoms with Gasteiger partial charge in [0.15, 0.2) is 6.29 Å². The first-order valence-corrected chi connectivity index (χ1v) is 3.21. The highest BCUT2D eigenvalue weighted by molar-refractivity contribution is 5.71. The number of cyclic esters (lactones) is 1. The number of esters is 1. The van der Waals surface area contributed by atoms with Crippen LogP contribution in [0.15, 0.2) is 0 Å². The van der Waals surface area contributed by atoms with Gasteiger partial charge in [-0.15, -0.1) is 0 Å². The molecule has 0 bridgehead atoms. The van der Waals surface area contributed by atoms with Gasteiger partial charge < -0.3 is 14.2 Å². The molecule has 4 heteroatoms. The van der Waals surface area contributed by atoms with Gasteiger partial charge in [-0.1, -0.05) is 0 Å². The van der Waals surface area contributed by atoms with E-state index in [1.54, 1.807) is 0 Å². The van der Waals surface area contributed by atoms with Crippen LogP contribution in [0.3, 0.4) is 0 Å². The van der Waals surface area contributed by atoms with Crippen LogP contribution in [-0.2, 0) is 19.0 Å². The molecule has 0 aromatic rings. The first-order chi connectivity index (χ1) is 4.83. The van der Waals surface area contributed by atoms with Crippen molar-refractivity contribution < 1.29 is 19.0 Å². The highest BCUT2D eigenvalue weighted by atomic mass is 16.7. The van der Waals surface area contributed by atoms with Crippen molar-refractivity contribution in [3.8, 4) is 0 Å². The van der Waals surface area contributed by atoms with Gasteiger partial charge in [0.2, 0.25) is 0 Å². The quantitative estimate of drug-likeness (QED) is 0.511. The van der Waals surface area contributed by atoms with Gasteiger partial charge in [0.05, 0.1) is 0 Å². The van der Waals surface area contributed by atoms with Gasteiger partial charge in [-0.05, 0) is 6.92 Å². The van der Waals surface area contributed by atoms with Gasteiger partial charge in [-0.2, -0.15) is 0 Å². The Morgan fingerprint density at radius 1 is 1.80 bits per heavy atom. The van der Waals surface area contributed by atoms with Crippen molar-refractivity contribution in [1.82, 2.24) is 0 Å². The number of hydrogen-bond acceptors (Lipinski definition) is 4. The van der Waals surface area contributed by atoms with E-state index < -0.39 is 0 Å². The molecule has 1 rings (SSSR count). The maximum atomic E-state index is 10.4. The van der Waals surface area contributed by atoms with E-state index in [1.807, 2.05) is 6.92 Å². The largest absolute Gasteiger partial charge is 0.459 e. The normalized spacial score (nSPS) is 26.1. The van der Waals surface area contributed by atoms with Crippen molar-refractivity contribution >= 4 is 5.97 Å². The van der Waals surface area contributed by atoms with E-state index in [-0.39, 0.29) is 25.5 Å². The summed E-state index contributed by atoms with van der Waals surface area (Å²) in [6.45, 7) is 2.65. The van der Waals surface area contributed by atoms with E-state index in [1.165, 1.54) is 0 Å². The van der Waals surface area contributed by atoms with E-state index in [4.69, 9.17) is 9.47 Å². The number of rotatable bonds is 2. The van der Waals surface area contributed by atoms with Crippen molar-refractivity contribution in [2.24, 2.45) is 0 Å². The smallest absolute Gasteiger partial charge is 0.332 e. The first-order valence-electron chi connectivity index (χ1n) is 3.21. The van der Waals surface area contributed by atoms with Crippen molar-refractivity contribution in [2.45, 2.75) is 13.2 Å². The molecule has 1 atom stereocenters. The summed E-state index contributed by atoms with van der Waals surface area (Å²) in [7, 11) is 0. The molecule has 1 saturated heterocycles. The first kappa shape index (κ1) is 7.50. The summed E-state index contributed by atoms with van der Waals surface area (Å²) in [4.78, 5) is 10.4. The predicted octanol–water partition coefficient (Wildman–Crippen LogP) is -0.0776. The van der Waals surface area contributed by atoms with Crippen LogP contribution < -0.4 is 0 Å². The minimum atomic E-state index is -0.359. The van der Waals surface area contributed by atoms with E-state index in [0.717, 1.165) is 0 Å². The number of carbonyl (C=O) groups is 1. The molecular weight excluding hydrogens is 136 g/mol. The molecule has 1 aliphatic rings. The molecular formula is C6H10O4. The molecule has 0 aliphatic carbocycles. The molecule has 0 unspecified atom stereocenters. The fourth-order valence-corrected chi connectivity index (χ4v) is 0.694. The lowest BCUT2D eigenvalue weighted by atomic mass is 10.6. The van der Waals surface area contributed by atoms with Crippen LogP contribution in [0.5, 0.6) is 0 Å². The molecule has 0 radical (unpaired) electrons. The molecule has 0 aromatic heterocycles. The van der Waals surface area contributed by atoms with Crippen LogP contribution in [0.1, 0.15) is 6.92 Å². The van der Waals surface area contributed by atoms with Crippen LogP contribution in [0.25, 0.3) is 0 Å². The molecule has 4 nitrogen and oxygen atoms in total. The second-order valence-corrected chi connectivity index (χ2v) is 1.88. The van der Waals surface area contributed by atoms with Crippen molar-refractivity contribution in [3.05, 3.63) is 0 Å². The number of carbonyl (C=O) groups excluding carboxylic acids is 1. The zero-order valence-corrected chi connectivity index (χ0v) is 5.83. The van der Waals surface area contributed by atoms with Crippen LogP contribution in [0, 0.1) is 0 Å². The Labute approximate surface area is 59.1 Å². The fraction of sp³-hybridized carbons (Fsp3) is 0.833. The second-order valence-electron chi connectivity index (χ2n) is 1.88. The molecule has 0 spiro atoms. The number of hydrogen-bond donors (Lipinski definition) is 0. The molecule has 58 valence electrons. The Kier molecular flexibility index (Phi) is 2.65. The Balaban J connectivity index is 2.19. The molecule has 0 saturated carbocycles. The summed E-state index contributed by atoms with van der Waals surface area (Å²) in [6, 6.07) is 0. The van der Waals surface area contributed by atoms with Gasteiger partial charge in [-0.25, -0.2) is 4.79 Å². The third kappa shape index (κ3) is 1.97. The second kappa shape index (κ2) is 3.53. The Morgan fingerprint density at radius 3 is 3.10 bits per heavy atom. The molecule has 1 aliphatic heterocycles. The van der Waals surface area contributed by atoms with Crippen molar-refractivity contribution in [1.29, 1.82) is 0 Å². The van der Waals surface area contributed by atoms with Gasteiger partial charge in [0.1, 0.15) is 13.2 Å². The van der Waals surface area contributed by atoms with Crippen LogP contribution in [0.4, 0.5) is 0 Å². The van der Waals surface area contributed by atoms with Gasteiger partial charge in [-0.3, -0.25) is 0 Å². The monoisotopic (exact) mass is 146 g/mol. The molecule has 0 N–H and O–H groups in total. The SMILES string of the molecule is CCO[C@@H]1COC(=O)CO1. The fourth-order valence-electron chi connectivity index (χ4n) is 0.694. The molecule has 0 amide bonds. The zero-order chi connectivity index (χ0) is 7.40. The lowest BCUT2D eigenvalue weighted by molar-refractivity contribution is -0.213. The lowest BCUT2D eigenvalue weighted by Crippen LogP contribution is -2.34. The van der Waals surface area contributed by atoms with E-state index in [2.05, 4.69) is 4.74 Å². The zero-order valence-electron chi connectivity index (χ0n) is 5.83. The third-order valence-electron chi connectivity index (χ3n) is 1.12. The molecule has 1 fully saturated rings. The average molecular weight is 146 g/mol. The van der Waals surface area contributed by atoms with Gasteiger partial charge in [0.25, 0.3) is 0 Å². The summed E-state index contributed by atoms with van der Waals surface area (Å²) in [5.74, 6) is -0.323. The van der Waals surface area contributed by atoms with Crippen LogP contribution in [-0.4, -0.2) is 32.1 Å².